The van der Waals surface area contributed by atoms with Crippen LogP contribution in [-0.4, -0.2) is 4.99 Å². The second-order valence-electron chi connectivity index (χ2n) is 5.06. The summed E-state index contributed by atoms with van der Waals surface area (Å²) in [5.74, 6) is 0.924. The van der Waals surface area contributed by atoms with E-state index in [1.165, 1.54) is 5.56 Å². The molecule has 0 aliphatic heterocycles. The Morgan fingerprint density at radius 2 is 1.80 bits per heavy atom. The van der Waals surface area contributed by atoms with Crippen LogP contribution in [0.4, 0.5) is 0 Å². The standard InChI is InChI=1S/C17H19NOS/c1-11-4-7-16(13(3)8-11)19-10-15-6-5-14(17(18)20)9-12(15)2/h4-9H,10H2,1-3H3,(H2,18,20). The fraction of sp³-hybridized carbons (Fsp3) is 0.235. The molecule has 0 saturated heterocycles. The smallest absolute Gasteiger partial charge is 0.122 e. The van der Waals surface area contributed by atoms with E-state index < -0.39 is 0 Å². The number of benzene rings is 2. The largest absolute Gasteiger partial charge is 0.489 e. The molecule has 104 valence electrons. The van der Waals surface area contributed by atoms with Crippen molar-refractivity contribution in [3.63, 3.8) is 0 Å². The van der Waals surface area contributed by atoms with E-state index in [0.29, 0.717) is 11.6 Å². The van der Waals surface area contributed by atoms with Gasteiger partial charge >= 0.3 is 0 Å². The minimum atomic E-state index is 0.426. The van der Waals surface area contributed by atoms with Gasteiger partial charge in [0.2, 0.25) is 0 Å². The molecule has 0 amide bonds. The van der Waals surface area contributed by atoms with Crippen LogP contribution in [-0.2, 0) is 6.61 Å². The van der Waals surface area contributed by atoms with Crippen molar-refractivity contribution in [2.24, 2.45) is 5.73 Å². The number of ether oxygens (including phenoxy) is 1. The highest BCUT2D eigenvalue weighted by atomic mass is 32.1. The first-order chi connectivity index (χ1) is 9.47. The molecule has 2 N–H and O–H groups in total. The maximum atomic E-state index is 5.89. The van der Waals surface area contributed by atoms with Gasteiger partial charge in [-0.3, -0.25) is 0 Å². The number of thiocarbonyl (C=S) groups is 1. The second kappa shape index (κ2) is 6.06. The van der Waals surface area contributed by atoms with Crippen LogP contribution in [0, 0.1) is 20.8 Å². The zero-order chi connectivity index (χ0) is 14.7. The molecule has 0 fully saturated rings. The Hall–Kier alpha value is -1.87. The van der Waals surface area contributed by atoms with Gasteiger partial charge in [0.15, 0.2) is 0 Å². The number of nitrogens with two attached hydrogens (primary N) is 1. The van der Waals surface area contributed by atoms with Gasteiger partial charge in [0.1, 0.15) is 17.3 Å². The molecule has 20 heavy (non-hydrogen) atoms. The molecule has 2 aromatic rings. The van der Waals surface area contributed by atoms with Crippen molar-refractivity contribution in [3.05, 3.63) is 64.2 Å². The first kappa shape index (κ1) is 14.5. The molecule has 0 aliphatic rings. The van der Waals surface area contributed by atoms with Crippen LogP contribution in [0.3, 0.4) is 0 Å². The van der Waals surface area contributed by atoms with Gasteiger partial charge in [-0.1, -0.05) is 42.0 Å². The molecule has 0 bridgehead atoms. The lowest BCUT2D eigenvalue weighted by atomic mass is 10.1. The maximum Gasteiger partial charge on any atom is 0.122 e. The van der Waals surface area contributed by atoms with Gasteiger partial charge in [-0.15, -0.1) is 0 Å². The number of hydrogen-bond acceptors (Lipinski definition) is 2. The summed E-state index contributed by atoms with van der Waals surface area (Å²) in [6.07, 6.45) is 0. The number of hydrogen-bond donors (Lipinski definition) is 1. The van der Waals surface area contributed by atoms with Crippen LogP contribution in [0.1, 0.15) is 27.8 Å². The SMILES string of the molecule is Cc1ccc(OCc2ccc(C(N)=S)cc2C)c(C)c1. The quantitative estimate of drug-likeness (QED) is 0.867. The lowest BCUT2D eigenvalue weighted by Crippen LogP contribution is -2.10. The zero-order valence-corrected chi connectivity index (χ0v) is 12.9. The highest BCUT2D eigenvalue weighted by Crippen LogP contribution is 2.21. The highest BCUT2D eigenvalue weighted by Gasteiger charge is 2.05. The zero-order valence-electron chi connectivity index (χ0n) is 12.1. The molecule has 0 heterocycles. The molecular formula is C17H19NOS. The van der Waals surface area contributed by atoms with Gasteiger partial charge < -0.3 is 10.5 Å². The van der Waals surface area contributed by atoms with Crippen molar-refractivity contribution < 1.29 is 4.74 Å². The Morgan fingerprint density at radius 3 is 2.40 bits per heavy atom. The Morgan fingerprint density at radius 1 is 1.05 bits per heavy atom. The van der Waals surface area contributed by atoms with E-state index in [1.807, 2.05) is 31.2 Å². The summed E-state index contributed by atoms with van der Waals surface area (Å²) >= 11 is 4.98. The molecule has 2 aromatic carbocycles. The summed E-state index contributed by atoms with van der Waals surface area (Å²) in [7, 11) is 0. The summed E-state index contributed by atoms with van der Waals surface area (Å²) in [6.45, 7) is 6.73. The normalized spacial score (nSPS) is 10.3. The molecular weight excluding hydrogens is 266 g/mol. The predicted molar refractivity (Wildman–Crippen MR) is 87.3 cm³/mol. The average Bonchev–Trinajstić information content (AvgIpc) is 2.38. The van der Waals surface area contributed by atoms with Gasteiger partial charge in [-0.05, 0) is 49.6 Å². The van der Waals surface area contributed by atoms with Crippen molar-refractivity contribution in [2.75, 3.05) is 0 Å². The summed E-state index contributed by atoms with van der Waals surface area (Å²) < 4.78 is 5.89. The number of aryl methyl sites for hydroxylation is 3. The lowest BCUT2D eigenvalue weighted by Gasteiger charge is -2.12. The summed E-state index contributed by atoms with van der Waals surface area (Å²) in [5.41, 5.74) is 11.2. The Labute approximate surface area is 125 Å². The van der Waals surface area contributed by atoms with E-state index in [-0.39, 0.29) is 0 Å². The van der Waals surface area contributed by atoms with Crippen LogP contribution in [0.2, 0.25) is 0 Å². The fourth-order valence-electron chi connectivity index (χ4n) is 2.13. The van der Waals surface area contributed by atoms with E-state index in [2.05, 4.69) is 26.0 Å². The molecule has 0 unspecified atom stereocenters. The monoisotopic (exact) mass is 285 g/mol. The van der Waals surface area contributed by atoms with Crippen LogP contribution >= 0.6 is 12.2 Å². The van der Waals surface area contributed by atoms with E-state index >= 15 is 0 Å². The Bertz CT molecular complexity index is 649. The van der Waals surface area contributed by atoms with Gasteiger partial charge in [0.05, 0.1) is 0 Å². The fourth-order valence-corrected chi connectivity index (χ4v) is 2.25. The molecule has 0 spiro atoms. The maximum absolute atomic E-state index is 5.89. The van der Waals surface area contributed by atoms with Gasteiger partial charge in [0, 0.05) is 5.56 Å². The summed E-state index contributed by atoms with van der Waals surface area (Å²) in [4.78, 5) is 0.426. The summed E-state index contributed by atoms with van der Waals surface area (Å²) in [6, 6.07) is 12.2. The van der Waals surface area contributed by atoms with Gasteiger partial charge in [-0.2, -0.15) is 0 Å². The van der Waals surface area contributed by atoms with Crippen LogP contribution in [0.25, 0.3) is 0 Å². The molecule has 0 saturated carbocycles. The Balaban J connectivity index is 2.13. The van der Waals surface area contributed by atoms with E-state index in [0.717, 1.165) is 28.0 Å². The molecule has 0 aromatic heterocycles. The van der Waals surface area contributed by atoms with Crippen molar-refractivity contribution in [3.8, 4) is 5.75 Å². The third kappa shape index (κ3) is 3.36. The molecule has 2 nitrogen and oxygen atoms in total. The van der Waals surface area contributed by atoms with E-state index in [9.17, 15) is 0 Å². The van der Waals surface area contributed by atoms with Gasteiger partial charge in [0.25, 0.3) is 0 Å². The van der Waals surface area contributed by atoms with Crippen molar-refractivity contribution in [1.29, 1.82) is 0 Å². The third-order valence-electron chi connectivity index (χ3n) is 3.34. The minimum Gasteiger partial charge on any atom is -0.489 e. The van der Waals surface area contributed by atoms with Crippen LogP contribution in [0.15, 0.2) is 36.4 Å². The van der Waals surface area contributed by atoms with Crippen LogP contribution < -0.4 is 10.5 Å². The molecule has 0 aliphatic carbocycles. The molecule has 0 radical (unpaired) electrons. The number of rotatable bonds is 4. The summed E-state index contributed by atoms with van der Waals surface area (Å²) in [5, 5.41) is 0. The Kier molecular flexibility index (Phi) is 4.40. The third-order valence-corrected chi connectivity index (χ3v) is 3.58. The molecule has 0 atom stereocenters. The van der Waals surface area contributed by atoms with Crippen LogP contribution in [0.5, 0.6) is 5.75 Å². The van der Waals surface area contributed by atoms with Gasteiger partial charge in [-0.25, -0.2) is 0 Å². The molecule has 3 heteroatoms. The molecule has 2 rings (SSSR count). The minimum absolute atomic E-state index is 0.426. The highest BCUT2D eigenvalue weighted by molar-refractivity contribution is 7.80. The first-order valence-corrected chi connectivity index (χ1v) is 6.97. The van der Waals surface area contributed by atoms with Crippen molar-refractivity contribution >= 4 is 17.2 Å². The van der Waals surface area contributed by atoms with Crippen molar-refractivity contribution in [1.82, 2.24) is 0 Å². The average molecular weight is 285 g/mol. The second-order valence-corrected chi connectivity index (χ2v) is 5.50. The van der Waals surface area contributed by atoms with Crippen molar-refractivity contribution in [2.45, 2.75) is 27.4 Å². The lowest BCUT2D eigenvalue weighted by molar-refractivity contribution is 0.303. The predicted octanol–water partition coefficient (Wildman–Crippen LogP) is 3.83. The topological polar surface area (TPSA) is 35.2 Å². The van der Waals surface area contributed by atoms with E-state index in [1.54, 1.807) is 0 Å². The van der Waals surface area contributed by atoms with E-state index in [4.69, 9.17) is 22.7 Å². The first-order valence-electron chi connectivity index (χ1n) is 6.57.